The van der Waals surface area contributed by atoms with Crippen molar-refractivity contribution in [1.82, 2.24) is 14.8 Å². The fraction of sp³-hybridized carbons (Fsp3) is 0.567. The van der Waals surface area contributed by atoms with E-state index in [1.165, 1.54) is 28.9 Å². The van der Waals surface area contributed by atoms with Gasteiger partial charge in [-0.1, -0.05) is 37.1 Å². The summed E-state index contributed by atoms with van der Waals surface area (Å²) in [6.45, 7) is 11.2. The summed E-state index contributed by atoms with van der Waals surface area (Å²) in [5, 5.41) is 3.48. The first-order chi connectivity index (χ1) is 18.6. The second-order valence-corrected chi connectivity index (χ2v) is 12.0. The fourth-order valence-corrected chi connectivity index (χ4v) is 5.33. The van der Waals surface area contributed by atoms with Gasteiger partial charge in [0.1, 0.15) is 18.0 Å². The van der Waals surface area contributed by atoms with Crippen LogP contribution in [-0.4, -0.2) is 65.8 Å². The Balaban J connectivity index is 1.23. The Morgan fingerprint density at radius 2 is 1.79 bits per heavy atom. The van der Waals surface area contributed by atoms with Gasteiger partial charge in [-0.05, 0) is 51.2 Å². The van der Waals surface area contributed by atoms with Crippen molar-refractivity contribution in [2.45, 2.75) is 71.2 Å². The molecule has 2 aliphatic heterocycles. The molecule has 0 spiro atoms. The van der Waals surface area contributed by atoms with Crippen molar-refractivity contribution < 1.29 is 19.1 Å². The lowest BCUT2D eigenvalue weighted by molar-refractivity contribution is 0.00941. The number of piperazine rings is 1. The second kappa shape index (κ2) is 11.0. The topological polar surface area (TPSA) is 87.2 Å². The van der Waals surface area contributed by atoms with Crippen molar-refractivity contribution in [3.63, 3.8) is 0 Å². The highest BCUT2D eigenvalue weighted by Gasteiger charge is 2.33. The van der Waals surface area contributed by atoms with Crippen molar-refractivity contribution in [3.8, 4) is 0 Å². The van der Waals surface area contributed by atoms with Gasteiger partial charge in [0.2, 0.25) is 0 Å². The van der Waals surface area contributed by atoms with E-state index < -0.39 is 5.60 Å². The Morgan fingerprint density at radius 1 is 1.13 bits per heavy atom. The van der Waals surface area contributed by atoms with Gasteiger partial charge in [0.05, 0.1) is 5.69 Å². The van der Waals surface area contributed by atoms with Gasteiger partial charge in [-0.2, -0.15) is 0 Å². The molecule has 1 aliphatic carbocycles. The van der Waals surface area contributed by atoms with Gasteiger partial charge in [-0.15, -0.1) is 0 Å². The van der Waals surface area contributed by atoms with Crippen LogP contribution in [0.25, 0.3) is 0 Å². The molecule has 1 saturated heterocycles. The Kier molecular flexibility index (Phi) is 7.71. The highest BCUT2D eigenvalue weighted by molar-refractivity contribution is 5.90. The fourth-order valence-electron chi connectivity index (χ4n) is 5.33. The summed E-state index contributed by atoms with van der Waals surface area (Å²) in [6, 6.07) is 11.2. The molecule has 1 N–H and O–H groups in total. The number of pyridine rings is 1. The van der Waals surface area contributed by atoms with Crippen molar-refractivity contribution in [2.24, 2.45) is 5.92 Å². The highest BCUT2D eigenvalue weighted by Crippen LogP contribution is 2.40. The summed E-state index contributed by atoms with van der Waals surface area (Å²) >= 11 is 0. The smallest absolute Gasteiger partial charge is 0.414 e. The number of hydrogen-bond acceptors (Lipinski definition) is 7. The van der Waals surface area contributed by atoms with Crippen LogP contribution in [0.2, 0.25) is 0 Å². The van der Waals surface area contributed by atoms with Crippen LogP contribution in [0.4, 0.5) is 21.1 Å². The third-order valence-electron chi connectivity index (χ3n) is 7.79. The van der Waals surface area contributed by atoms with E-state index in [2.05, 4.69) is 46.4 Å². The zero-order chi connectivity index (χ0) is 27.7. The molecule has 1 saturated carbocycles. The number of fused-ring (bicyclic) bond motifs is 1. The number of anilines is 2. The Labute approximate surface area is 231 Å². The normalized spacial score (nSPS) is 19.7. The molecule has 0 radical (unpaired) electrons. The lowest BCUT2D eigenvalue weighted by Gasteiger charge is -2.40. The number of ether oxygens (including phenoxy) is 2. The van der Waals surface area contributed by atoms with Gasteiger partial charge in [0, 0.05) is 63.1 Å². The lowest BCUT2D eigenvalue weighted by Crippen LogP contribution is -2.50. The molecule has 9 heteroatoms. The first-order valence-electron chi connectivity index (χ1n) is 14.0. The number of benzene rings is 1. The molecular formula is C30H41N5O4. The minimum atomic E-state index is -0.475. The van der Waals surface area contributed by atoms with Gasteiger partial charge in [-0.3, -0.25) is 9.80 Å². The summed E-state index contributed by atoms with van der Waals surface area (Å²) in [6.07, 6.45) is 4.99. The Bertz CT molecular complexity index is 1180. The third-order valence-corrected chi connectivity index (χ3v) is 7.79. The maximum absolute atomic E-state index is 12.5. The van der Waals surface area contributed by atoms with Crippen LogP contribution >= 0.6 is 0 Å². The summed E-state index contributed by atoms with van der Waals surface area (Å²) < 4.78 is 10.7. The maximum atomic E-state index is 12.5. The van der Waals surface area contributed by atoms with E-state index in [0.717, 1.165) is 42.5 Å². The number of carbonyl (C=O) groups excluding carboxylic acids is 2. The van der Waals surface area contributed by atoms with Gasteiger partial charge in [0.25, 0.3) is 0 Å². The van der Waals surface area contributed by atoms with E-state index in [1.54, 1.807) is 13.2 Å². The predicted octanol–water partition coefficient (Wildman–Crippen LogP) is 5.74. The van der Waals surface area contributed by atoms with E-state index in [4.69, 9.17) is 9.47 Å². The maximum Gasteiger partial charge on any atom is 0.414 e. The molecule has 3 aliphatic rings. The van der Waals surface area contributed by atoms with Crippen molar-refractivity contribution in [1.29, 1.82) is 0 Å². The standard InChI is InChI=1S/C30H41N5O4/c1-20(32-27-17-25-24(18-31-27)19-38-28(36)33(25)5)22-8-10-23(11-9-22)26(16-21-6-7-21)34-12-14-35(15-13-34)29(37)39-30(2,3)4/h8-11,17-18,20-21,26H,6-7,12-16,19H2,1-5H3,(H,31,32)/t20-,26?/m0/s1. The van der Waals surface area contributed by atoms with E-state index >= 15 is 0 Å². The minimum Gasteiger partial charge on any atom is -0.444 e. The van der Waals surface area contributed by atoms with E-state index in [-0.39, 0.29) is 24.8 Å². The van der Waals surface area contributed by atoms with E-state index in [9.17, 15) is 9.59 Å². The number of carbonyl (C=O) groups is 2. The van der Waals surface area contributed by atoms with Gasteiger partial charge in [0.15, 0.2) is 0 Å². The van der Waals surface area contributed by atoms with Crippen LogP contribution in [0.3, 0.4) is 0 Å². The molecule has 2 aromatic rings. The molecule has 210 valence electrons. The number of nitrogens with zero attached hydrogens (tertiary/aromatic N) is 4. The Hall–Kier alpha value is -3.33. The summed E-state index contributed by atoms with van der Waals surface area (Å²) in [5.74, 6) is 1.52. The molecular weight excluding hydrogens is 494 g/mol. The Morgan fingerprint density at radius 3 is 2.44 bits per heavy atom. The first-order valence-corrected chi connectivity index (χ1v) is 14.0. The number of amides is 2. The molecule has 2 amide bonds. The summed E-state index contributed by atoms with van der Waals surface area (Å²) in [4.78, 5) is 34.9. The van der Waals surface area contributed by atoms with Crippen LogP contribution in [0.5, 0.6) is 0 Å². The third kappa shape index (κ3) is 6.64. The molecule has 5 rings (SSSR count). The molecule has 39 heavy (non-hydrogen) atoms. The number of rotatable bonds is 7. The highest BCUT2D eigenvalue weighted by atomic mass is 16.6. The number of hydrogen-bond donors (Lipinski definition) is 1. The van der Waals surface area contributed by atoms with Crippen molar-refractivity contribution in [3.05, 3.63) is 53.2 Å². The number of nitrogens with one attached hydrogen (secondary N) is 1. The lowest BCUT2D eigenvalue weighted by atomic mass is 9.96. The first kappa shape index (κ1) is 27.2. The quantitative estimate of drug-likeness (QED) is 0.484. The predicted molar refractivity (Wildman–Crippen MR) is 151 cm³/mol. The van der Waals surface area contributed by atoms with Crippen LogP contribution in [0.1, 0.15) is 75.7 Å². The van der Waals surface area contributed by atoms with Crippen molar-refractivity contribution >= 4 is 23.7 Å². The molecule has 1 aromatic carbocycles. The molecule has 9 nitrogen and oxygen atoms in total. The number of aromatic nitrogens is 1. The van der Waals surface area contributed by atoms with Gasteiger partial charge < -0.3 is 19.7 Å². The molecule has 3 heterocycles. The molecule has 1 unspecified atom stereocenters. The average molecular weight is 536 g/mol. The molecule has 2 atom stereocenters. The molecule has 0 bridgehead atoms. The SMILES string of the molecule is C[C@H](Nc1cc2c(cn1)COC(=O)N2C)c1ccc(C(CC2CC2)N2CCN(C(=O)OC(C)(C)C)CC2)cc1. The zero-order valence-corrected chi connectivity index (χ0v) is 23.8. The second-order valence-electron chi connectivity index (χ2n) is 12.0. The minimum absolute atomic E-state index is 0.0460. The number of cyclic esters (lactones) is 1. The van der Waals surface area contributed by atoms with Crippen LogP contribution in [0.15, 0.2) is 36.5 Å². The van der Waals surface area contributed by atoms with Crippen molar-refractivity contribution in [2.75, 3.05) is 43.4 Å². The van der Waals surface area contributed by atoms with Crippen LogP contribution < -0.4 is 10.2 Å². The molecule has 1 aromatic heterocycles. The largest absolute Gasteiger partial charge is 0.444 e. The average Bonchev–Trinajstić information content (AvgIpc) is 3.73. The van der Waals surface area contributed by atoms with Gasteiger partial charge >= 0.3 is 12.2 Å². The van der Waals surface area contributed by atoms with Crippen LogP contribution in [0, 0.1) is 5.92 Å². The van der Waals surface area contributed by atoms with E-state index in [1.807, 2.05) is 31.7 Å². The van der Waals surface area contributed by atoms with E-state index in [0.29, 0.717) is 19.1 Å². The van der Waals surface area contributed by atoms with Gasteiger partial charge in [-0.25, -0.2) is 14.6 Å². The monoisotopic (exact) mass is 535 g/mol. The summed E-state index contributed by atoms with van der Waals surface area (Å²) in [7, 11) is 1.71. The summed E-state index contributed by atoms with van der Waals surface area (Å²) in [5.41, 5.74) is 3.74. The molecule has 2 fully saturated rings. The zero-order valence-electron chi connectivity index (χ0n) is 23.8. The van der Waals surface area contributed by atoms with Crippen LogP contribution in [-0.2, 0) is 16.1 Å².